The third-order valence-electron chi connectivity index (χ3n) is 2.39. The van der Waals surface area contributed by atoms with Gasteiger partial charge in [0.15, 0.2) is 5.17 Å². The van der Waals surface area contributed by atoms with E-state index in [0.29, 0.717) is 0 Å². The first kappa shape index (κ1) is 15.2. The molecule has 0 aliphatic rings. The van der Waals surface area contributed by atoms with E-state index in [-0.39, 0.29) is 28.2 Å². The molecular formula is C11H10F3N5OS. The molecule has 1 aromatic carbocycles. The number of amidine groups is 1. The minimum absolute atomic E-state index is 0.0694. The Morgan fingerprint density at radius 2 is 2.14 bits per heavy atom. The van der Waals surface area contributed by atoms with Crippen molar-refractivity contribution in [3.8, 4) is 11.4 Å². The van der Waals surface area contributed by atoms with Gasteiger partial charge in [-0.2, -0.15) is 23.3 Å². The third-order valence-corrected chi connectivity index (χ3v) is 3.18. The highest BCUT2D eigenvalue weighted by Crippen LogP contribution is 2.31. The van der Waals surface area contributed by atoms with Crippen molar-refractivity contribution in [3.63, 3.8) is 0 Å². The second-order valence-electron chi connectivity index (χ2n) is 3.85. The Balaban J connectivity index is 2.18. The van der Waals surface area contributed by atoms with Crippen LogP contribution in [0.5, 0.6) is 0 Å². The molecule has 0 aliphatic carbocycles. The standard InChI is InChI=1S/C11H10F3N5OS/c12-11(13,14)7-3-1-2-6(4-7)9-17-8(20-19-9)5-21-10(15)18-16/h1-4H,5,16H2,(H2,15,18). The monoisotopic (exact) mass is 317 g/mol. The molecule has 0 spiro atoms. The van der Waals surface area contributed by atoms with Gasteiger partial charge in [0.05, 0.1) is 11.3 Å². The summed E-state index contributed by atoms with van der Waals surface area (Å²) in [4.78, 5) is 3.99. The van der Waals surface area contributed by atoms with Gasteiger partial charge in [0.25, 0.3) is 0 Å². The lowest BCUT2D eigenvalue weighted by atomic mass is 10.1. The van der Waals surface area contributed by atoms with Gasteiger partial charge in [-0.1, -0.05) is 29.1 Å². The summed E-state index contributed by atoms with van der Waals surface area (Å²) >= 11 is 1.07. The zero-order valence-electron chi connectivity index (χ0n) is 10.5. The number of halogens is 3. The minimum atomic E-state index is -4.43. The van der Waals surface area contributed by atoms with E-state index in [0.717, 1.165) is 23.9 Å². The first-order chi connectivity index (χ1) is 9.90. The zero-order chi connectivity index (χ0) is 15.5. The van der Waals surface area contributed by atoms with E-state index < -0.39 is 11.7 Å². The van der Waals surface area contributed by atoms with Crippen LogP contribution in [-0.4, -0.2) is 15.3 Å². The van der Waals surface area contributed by atoms with Gasteiger partial charge >= 0.3 is 6.18 Å². The Kier molecular flexibility index (Phi) is 4.36. The molecule has 0 saturated carbocycles. The molecule has 1 heterocycles. The lowest BCUT2D eigenvalue weighted by Crippen LogP contribution is -2.09. The number of alkyl halides is 3. The smallest absolute Gasteiger partial charge is 0.377 e. The Morgan fingerprint density at radius 1 is 1.38 bits per heavy atom. The molecule has 0 fully saturated rings. The molecule has 2 aromatic rings. The van der Waals surface area contributed by atoms with E-state index in [1.54, 1.807) is 0 Å². The van der Waals surface area contributed by atoms with E-state index in [2.05, 4.69) is 15.2 Å². The topological polar surface area (TPSA) is 103 Å². The third kappa shape index (κ3) is 3.88. The molecule has 0 atom stereocenters. The predicted molar refractivity (Wildman–Crippen MR) is 71.8 cm³/mol. The highest BCUT2D eigenvalue weighted by molar-refractivity contribution is 8.13. The predicted octanol–water partition coefficient (Wildman–Crippen LogP) is 2.18. The van der Waals surface area contributed by atoms with Crippen molar-refractivity contribution in [1.82, 2.24) is 10.1 Å². The fraction of sp³-hybridized carbons (Fsp3) is 0.182. The summed E-state index contributed by atoms with van der Waals surface area (Å²) in [6.45, 7) is 0. The number of hydrogen-bond acceptors (Lipinski definition) is 6. The molecule has 0 saturated heterocycles. The zero-order valence-corrected chi connectivity index (χ0v) is 11.3. The van der Waals surface area contributed by atoms with Crippen LogP contribution in [0.15, 0.2) is 33.9 Å². The second kappa shape index (κ2) is 6.04. The molecule has 0 aliphatic heterocycles. The highest BCUT2D eigenvalue weighted by atomic mass is 32.2. The van der Waals surface area contributed by atoms with Gasteiger partial charge < -0.3 is 16.1 Å². The van der Waals surface area contributed by atoms with Gasteiger partial charge in [-0.15, -0.1) is 0 Å². The summed E-state index contributed by atoms with van der Waals surface area (Å²) in [5.74, 6) is 5.46. The van der Waals surface area contributed by atoms with Crippen molar-refractivity contribution in [1.29, 1.82) is 0 Å². The van der Waals surface area contributed by atoms with Gasteiger partial charge in [0.2, 0.25) is 11.7 Å². The molecule has 2 rings (SSSR count). The summed E-state index contributed by atoms with van der Waals surface area (Å²) in [6, 6.07) is 4.67. The fourth-order valence-corrected chi connectivity index (χ4v) is 1.90. The van der Waals surface area contributed by atoms with Crippen molar-refractivity contribution in [2.45, 2.75) is 11.9 Å². The van der Waals surface area contributed by atoms with Crippen LogP contribution in [0.4, 0.5) is 13.2 Å². The molecule has 112 valence electrons. The van der Waals surface area contributed by atoms with Gasteiger partial charge in [-0.25, -0.2) is 0 Å². The van der Waals surface area contributed by atoms with Crippen molar-refractivity contribution in [2.75, 3.05) is 0 Å². The number of rotatable bonds is 3. The molecular weight excluding hydrogens is 307 g/mol. The van der Waals surface area contributed by atoms with Crippen LogP contribution in [0.25, 0.3) is 11.4 Å². The van der Waals surface area contributed by atoms with E-state index >= 15 is 0 Å². The van der Waals surface area contributed by atoms with E-state index in [1.165, 1.54) is 12.1 Å². The number of nitrogens with zero attached hydrogens (tertiary/aromatic N) is 3. The molecule has 0 radical (unpaired) electrons. The molecule has 10 heteroatoms. The average molecular weight is 317 g/mol. The van der Waals surface area contributed by atoms with Crippen molar-refractivity contribution >= 4 is 16.9 Å². The molecule has 21 heavy (non-hydrogen) atoms. The Bertz CT molecular complexity index is 655. The summed E-state index contributed by atoms with van der Waals surface area (Å²) < 4.78 is 42.8. The summed E-state index contributed by atoms with van der Waals surface area (Å²) in [6.07, 6.45) is -4.43. The maximum absolute atomic E-state index is 12.6. The fourth-order valence-electron chi connectivity index (χ4n) is 1.44. The quantitative estimate of drug-likeness (QED) is 0.389. The summed E-state index contributed by atoms with van der Waals surface area (Å²) in [7, 11) is 0. The Morgan fingerprint density at radius 3 is 2.81 bits per heavy atom. The number of hydrogen-bond donors (Lipinski definition) is 2. The number of aromatic nitrogens is 2. The van der Waals surface area contributed by atoms with Crippen molar-refractivity contribution in [2.24, 2.45) is 16.7 Å². The van der Waals surface area contributed by atoms with Gasteiger partial charge in [0, 0.05) is 5.56 Å². The van der Waals surface area contributed by atoms with Crippen molar-refractivity contribution < 1.29 is 17.7 Å². The second-order valence-corrected chi connectivity index (χ2v) is 4.84. The van der Waals surface area contributed by atoms with Crippen LogP contribution < -0.4 is 11.6 Å². The van der Waals surface area contributed by atoms with Gasteiger partial charge in [-0.3, -0.25) is 0 Å². The number of hydrazone groups is 1. The largest absolute Gasteiger partial charge is 0.416 e. The normalized spacial score (nSPS) is 12.6. The lowest BCUT2D eigenvalue weighted by Gasteiger charge is -2.06. The molecule has 0 amide bonds. The van der Waals surface area contributed by atoms with E-state index in [1.807, 2.05) is 0 Å². The van der Waals surface area contributed by atoms with Crippen molar-refractivity contribution in [3.05, 3.63) is 35.7 Å². The highest BCUT2D eigenvalue weighted by Gasteiger charge is 2.30. The van der Waals surface area contributed by atoms with Crippen LogP contribution in [0.1, 0.15) is 11.5 Å². The van der Waals surface area contributed by atoms with Crippen LogP contribution >= 0.6 is 11.8 Å². The van der Waals surface area contributed by atoms with E-state index in [9.17, 15) is 13.2 Å². The van der Waals surface area contributed by atoms with Crippen LogP contribution in [0.2, 0.25) is 0 Å². The average Bonchev–Trinajstić information content (AvgIpc) is 2.93. The van der Waals surface area contributed by atoms with Crippen LogP contribution in [-0.2, 0) is 11.9 Å². The number of thioether (sulfide) groups is 1. The van der Waals surface area contributed by atoms with Crippen LogP contribution in [0.3, 0.4) is 0 Å². The maximum atomic E-state index is 12.6. The number of benzene rings is 1. The lowest BCUT2D eigenvalue weighted by molar-refractivity contribution is -0.137. The Labute approximate surface area is 121 Å². The maximum Gasteiger partial charge on any atom is 0.416 e. The first-order valence-electron chi connectivity index (χ1n) is 5.56. The van der Waals surface area contributed by atoms with Gasteiger partial charge in [-0.05, 0) is 12.1 Å². The van der Waals surface area contributed by atoms with E-state index in [4.69, 9.17) is 16.1 Å². The first-order valence-corrected chi connectivity index (χ1v) is 6.55. The molecule has 6 nitrogen and oxygen atoms in total. The molecule has 0 unspecified atom stereocenters. The summed E-state index contributed by atoms with van der Waals surface area (Å²) in [5, 5.41) is 7.02. The minimum Gasteiger partial charge on any atom is -0.377 e. The summed E-state index contributed by atoms with van der Waals surface area (Å²) in [5.41, 5.74) is 4.82. The number of nitrogens with two attached hydrogens (primary N) is 2. The Hall–Kier alpha value is -2.23. The molecule has 1 aromatic heterocycles. The van der Waals surface area contributed by atoms with Gasteiger partial charge in [0.1, 0.15) is 0 Å². The van der Waals surface area contributed by atoms with Crippen LogP contribution in [0, 0.1) is 0 Å². The molecule has 0 bridgehead atoms. The SMILES string of the molecule is NN=C(N)SCc1nc(-c2cccc(C(F)(F)F)c2)no1. The molecule has 4 N–H and O–H groups in total.